The van der Waals surface area contributed by atoms with Gasteiger partial charge in [0.15, 0.2) is 5.69 Å². The lowest BCUT2D eigenvalue weighted by molar-refractivity contribution is 0.0320. The van der Waals surface area contributed by atoms with Gasteiger partial charge in [0.1, 0.15) is 11.0 Å². The quantitative estimate of drug-likeness (QED) is 0.750. The summed E-state index contributed by atoms with van der Waals surface area (Å²) in [5.74, 6) is 0. The molecule has 1 N–H and O–H groups in total. The molecular weight excluding hydrogens is 270 g/mol. The predicted octanol–water partition coefficient (Wildman–Crippen LogP) is -0.107. The molecule has 0 aliphatic heterocycles. The number of methoxy groups -OCH3 is 2. The van der Waals surface area contributed by atoms with Gasteiger partial charge in [0.25, 0.3) is 0 Å². The highest BCUT2D eigenvalue weighted by molar-refractivity contribution is 7.89. The lowest BCUT2D eigenvalue weighted by Gasteiger charge is -2.15. The van der Waals surface area contributed by atoms with E-state index in [1.807, 2.05) is 0 Å². The molecule has 0 radical (unpaired) electrons. The van der Waals surface area contributed by atoms with Crippen LogP contribution in [0.1, 0.15) is 5.69 Å². The molecular formula is C11H15N3O4S. The van der Waals surface area contributed by atoms with Crippen molar-refractivity contribution in [1.82, 2.24) is 9.71 Å². The average Bonchev–Trinajstić information content (AvgIpc) is 2.43. The Hall–Kier alpha value is -1.53. The fourth-order valence-electron chi connectivity index (χ4n) is 1.37. The van der Waals surface area contributed by atoms with Crippen molar-refractivity contribution in [2.24, 2.45) is 0 Å². The molecule has 104 valence electrons. The van der Waals surface area contributed by atoms with Crippen molar-refractivity contribution >= 4 is 10.0 Å². The van der Waals surface area contributed by atoms with Gasteiger partial charge in [-0.15, -0.1) is 0 Å². The molecule has 7 nitrogen and oxygen atoms in total. The van der Waals surface area contributed by atoms with Gasteiger partial charge in [-0.2, -0.15) is 5.26 Å². The van der Waals surface area contributed by atoms with Gasteiger partial charge in [-0.05, 0) is 12.1 Å². The van der Waals surface area contributed by atoms with Crippen LogP contribution in [0.2, 0.25) is 0 Å². The minimum absolute atomic E-state index is 0.0481. The van der Waals surface area contributed by atoms with Crippen molar-refractivity contribution in [1.29, 1.82) is 5.26 Å². The topological polar surface area (TPSA) is 101 Å². The normalized spacial score (nSPS) is 12.9. The smallest absolute Gasteiger partial charge is 0.243 e. The molecule has 0 aliphatic carbocycles. The third kappa shape index (κ3) is 4.25. The summed E-state index contributed by atoms with van der Waals surface area (Å²) in [6, 6.07) is 4.52. The molecule has 19 heavy (non-hydrogen) atoms. The lowest BCUT2D eigenvalue weighted by atomic mass is 10.4. The third-order valence-corrected chi connectivity index (χ3v) is 3.81. The Bertz CT molecular complexity index is 553. The summed E-state index contributed by atoms with van der Waals surface area (Å²) in [6.07, 6.45) is 0.961. The van der Waals surface area contributed by atoms with Crippen LogP contribution < -0.4 is 4.72 Å². The van der Waals surface area contributed by atoms with E-state index in [2.05, 4.69) is 9.71 Å². The number of aromatic nitrogens is 1. The van der Waals surface area contributed by atoms with Gasteiger partial charge in [-0.3, -0.25) is 0 Å². The number of nitrogens with one attached hydrogen (secondary N) is 1. The Kier molecular flexibility index (Phi) is 5.85. The number of nitriles is 1. The number of nitrogens with zero attached hydrogens (tertiary/aromatic N) is 2. The highest BCUT2D eigenvalue weighted by atomic mass is 32.2. The fraction of sp³-hybridized carbons (Fsp3) is 0.455. The van der Waals surface area contributed by atoms with Crippen LogP contribution in [-0.2, 0) is 19.5 Å². The summed E-state index contributed by atoms with van der Waals surface area (Å²) < 4.78 is 36.4. The maximum atomic E-state index is 12.0. The van der Waals surface area contributed by atoms with Gasteiger partial charge < -0.3 is 9.47 Å². The number of hydrogen-bond acceptors (Lipinski definition) is 6. The van der Waals surface area contributed by atoms with E-state index >= 15 is 0 Å². The molecule has 1 heterocycles. The molecule has 1 rings (SSSR count). The van der Waals surface area contributed by atoms with Gasteiger partial charge in [0.05, 0.1) is 12.7 Å². The summed E-state index contributed by atoms with van der Waals surface area (Å²) in [5.41, 5.74) is -0.143. The van der Waals surface area contributed by atoms with Crippen LogP contribution in [0.5, 0.6) is 0 Å². The van der Waals surface area contributed by atoms with E-state index in [-0.39, 0.29) is 23.7 Å². The molecule has 0 fully saturated rings. The fourth-order valence-corrected chi connectivity index (χ4v) is 2.54. The van der Waals surface area contributed by atoms with Crippen LogP contribution in [0.15, 0.2) is 23.2 Å². The summed E-state index contributed by atoms with van der Waals surface area (Å²) in [7, 11) is -0.841. The van der Waals surface area contributed by atoms with Crippen molar-refractivity contribution in [3.05, 3.63) is 24.0 Å². The largest absolute Gasteiger partial charge is 0.382 e. The molecule has 0 saturated heterocycles. The van der Waals surface area contributed by atoms with Crippen LogP contribution in [0.25, 0.3) is 0 Å². The van der Waals surface area contributed by atoms with Crippen LogP contribution in [0.3, 0.4) is 0 Å². The molecule has 0 saturated carbocycles. The second-order valence-corrected chi connectivity index (χ2v) is 5.36. The minimum Gasteiger partial charge on any atom is -0.382 e. The van der Waals surface area contributed by atoms with Crippen LogP contribution in [0, 0.1) is 11.3 Å². The molecule has 0 amide bonds. The zero-order chi connectivity index (χ0) is 14.3. The SMILES string of the molecule is COCC(CNS(=O)(=O)c1cccnc1C#N)OC. The minimum atomic E-state index is -3.80. The Morgan fingerprint density at radius 1 is 1.53 bits per heavy atom. The van der Waals surface area contributed by atoms with Gasteiger partial charge in [-0.1, -0.05) is 0 Å². The first-order chi connectivity index (χ1) is 9.05. The van der Waals surface area contributed by atoms with Crippen LogP contribution in [0.4, 0.5) is 0 Å². The Labute approximate surface area is 112 Å². The predicted molar refractivity (Wildman–Crippen MR) is 66.8 cm³/mol. The Balaban J connectivity index is 2.85. The van der Waals surface area contributed by atoms with Gasteiger partial charge in [0.2, 0.25) is 10.0 Å². The first kappa shape index (κ1) is 15.5. The van der Waals surface area contributed by atoms with Crippen molar-refractivity contribution in [3.63, 3.8) is 0 Å². The Morgan fingerprint density at radius 2 is 2.26 bits per heavy atom. The highest BCUT2D eigenvalue weighted by Gasteiger charge is 2.20. The zero-order valence-electron chi connectivity index (χ0n) is 10.7. The van der Waals surface area contributed by atoms with E-state index in [4.69, 9.17) is 14.7 Å². The summed E-state index contributed by atoms with van der Waals surface area (Å²) in [6.45, 7) is 0.309. The standard InChI is InChI=1S/C11H15N3O4S/c1-17-8-9(18-2)7-14-19(15,16)11-4-3-5-13-10(11)6-12/h3-5,9,14H,7-8H2,1-2H3. The third-order valence-electron chi connectivity index (χ3n) is 2.35. The zero-order valence-corrected chi connectivity index (χ0v) is 11.5. The molecule has 1 aromatic rings. The van der Waals surface area contributed by atoms with E-state index in [0.717, 1.165) is 0 Å². The van der Waals surface area contributed by atoms with E-state index in [9.17, 15) is 8.42 Å². The maximum absolute atomic E-state index is 12.0. The number of pyridine rings is 1. The lowest BCUT2D eigenvalue weighted by Crippen LogP contribution is -2.35. The van der Waals surface area contributed by atoms with Gasteiger partial charge in [0, 0.05) is 27.0 Å². The second-order valence-electron chi connectivity index (χ2n) is 3.63. The number of ether oxygens (including phenoxy) is 2. The summed E-state index contributed by atoms with van der Waals surface area (Å²) in [5, 5.41) is 8.84. The monoisotopic (exact) mass is 285 g/mol. The van der Waals surface area contributed by atoms with Crippen LogP contribution >= 0.6 is 0 Å². The van der Waals surface area contributed by atoms with E-state index in [1.54, 1.807) is 6.07 Å². The highest BCUT2D eigenvalue weighted by Crippen LogP contribution is 2.11. The molecule has 0 aliphatic rings. The van der Waals surface area contributed by atoms with E-state index in [0.29, 0.717) is 0 Å². The molecule has 1 atom stereocenters. The number of hydrogen-bond donors (Lipinski definition) is 1. The van der Waals surface area contributed by atoms with E-state index < -0.39 is 16.1 Å². The van der Waals surface area contributed by atoms with Crippen LogP contribution in [-0.4, -0.2) is 46.9 Å². The molecule has 1 aromatic heterocycles. The molecule has 1 unspecified atom stereocenters. The number of sulfonamides is 1. The van der Waals surface area contributed by atoms with Crippen molar-refractivity contribution < 1.29 is 17.9 Å². The molecule has 0 spiro atoms. The summed E-state index contributed by atoms with van der Waals surface area (Å²) >= 11 is 0. The summed E-state index contributed by atoms with van der Waals surface area (Å²) in [4.78, 5) is 3.56. The van der Waals surface area contributed by atoms with Crippen molar-refractivity contribution in [2.45, 2.75) is 11.0 Å². The average molecular weight is 285 g/mol. The second kappa shape index (κ2) is 7.16. The first-order valence-corrected chi connectivity index (χ1v) is 6.90. The van der Waals surface area contributed by atoms with Crippen molar-refractivity contribution in [3.8, 4) is 6.07 Å². The van der Waals surface area contributed by atoms with E-state index in [1.165, 1.54) is 32.5 Å². The number of rotatable bonds is 7. The van der Waals surface area contributed by atoms with Gasteiger partial charge >= 0.3 is 0 Å². The molecule has 8 heteroatoms. The Morgan fingerprint density at radius 3 is 2.84 bits per heavy atom. The van der Waals surface area contributed by atoms with Crippen molar-refractivity contribution in [2.75, 3.05) is 27.4 Å². The van der Waals surface area contributed by atoms with Gasteiger partial charge in [-0.25, -0.2) is 18.1 Å². The molecule has 0 bridgehead atoms. The molecule has 0 aromatic carbocycles. The first-order valence-electron chi connectivity index (χ1n) is 5.41. The maximum Gasteiger partial charge on any atom is 0.243 e.